The first-order chi connectivity index (χ1) is 12.8. The lowest BCUT2D eigenvalue weighted by Gasteiger charge is -2.19. The fraction of sp³-hybridized carbons (Fsp3) is 0.632. The van der Waals surface area contributed by atoms with Crippen molar-refractivity contribution < 1.29 is 17.9 Å². The zero-order chi connectivity index (χ0) is 20.3. The summed E-state index contributed by atoms with van der Waals surface area (Å²) in [7, 11) is -1.88. The molecular weight excluding hydrogens is 366 g/mol. The second kappa shape index (κ2) is 11.9. The van der Waals surface area contributed by atoms with E-state index in [1.165, 1.54) is 0 Å². The Hall–Kier alpha value is -1.64. The molecule has 0 aromatic heterocycles. The Morgan fingerprint density at radius 2 is 1.81 bits per heavy atom. The number of carbonyl (C=O) groups is 1. The number of carbonyl (C=O) groups excluding carboxylic acids is 1. The molecule has 2 N–H and O–H groups in total. The van der Waals surface area contributed by atoms with Crippen LogP contribution in [-0.2, 0) is 10.0 Å². The van der Waals surface area contributed by atoms with E-state index in [2.05, 4.69) is 28.8 Å². The smallest absolute Gasteiger partial charge is 0.251 e. The highest BCUT2D eigenvalue weighted by molar-refractivity contribution is 7.89. The Morgan fingerprint density at radius 1 is 1.19 bits per heavy atom. The minimum atomic E-state index is -3.43. The van der Waals surface area contributed by atoms with E-state index < -0.39 is 10.0 Å². The molecule has 0 aliphatic heterocycles. The van der Waals surface area contributed by atoms with Gasteiger partial charge < -0.3 is 15.0 Å². The fourth-order valence-corrected chi connectivity index (χ4v) is 3.95. The Labute approximate surface area is 163 Å². The van der Waals surface area contributed by atoms with Gasteiger partial charge in [0.2, 0.25) is 10.0 Å². The second-order valence-electron chi connectivity index (χ2n) is 6.49. The number of hydrogen-bond acceptors (Lipinski definition) is 5. The van der Waals surface area contributed by atoms with Crippen molar-refractivity contribution in [3.63, 3.8) is 0 Å². The number of methoxy groups -OCH3 is 1. The lowest BCUT2D eigenvalue weighted by molar-refractivity contribution is 0.0956. The van der Waals surface area contributed by atoms with Crippen molar-refractivity contribution in [3.8, 4) is 5.75 Å². The maximum atomic E-state index is 12.2. The van der Waals surface area contributed by atoms with Crippen molar-refractivity contribution in [2.75, 3.05) is 39.0 Å². The molecule has 0 radical (unpaired) electrons. The van der Waals surface area contributed by atoms with E-state index in [9.17, 15) is 13.2 Å². The lowest BCUT2D eigenvalue weighted by atomic mass is 10.2. The minimum absolute atomic E-state index is 0.0619. The SMILES string of the molecule is CCN(CC)CCC[C@H](C)NS(=O)(=O)CCNC(=O)c1ccc(OC)cc1. The molecule has 8 heteroatoms. The van der Waals surface area contributed by atoms with E-state index in [0.717, 1.165) is 32.5 Å². The highest BCUT2D eigenvalue weighted by Crippen LogP contribution is 2.11. The number of hydrogen-bond donors (Lipinski definition) is 2. The van der Waals surface area contributed by atoms with E-state index in [0.29, 0.717) is 11.3 Å². The molecule has 0 fully saturated rings. The molecule has 27 heavy (non-hydrogen) atoms. The van der Waals surface area contributed by atoms with Gasteiger partial charge in [0.25, 0.3) is 5.91 Å². The Balaban J connectivity index is 2.34. The van der Waals surface area contributed by atoms with Gasteiger partial charge in [-0.1, -0.05) is 13.8 Å². The van der Waals surface area contributed by atoms with Crippen molar-refractivity contribution in [2.45, 2.75) is 39.7 Å². The summed E-state index contributed by atoms with van der Waals surface area (Å²) in [5.74, 6) is 0.211. The quantitative estimate of drug-likeness (QED) is 0.529. The first-order valence-corrected chi connectivity index (χ1v) is 11.1. The van der Waals surface area contributed by atoms with Crippen LogP contribution in [0.2, 0.25) is 0 Å². The van der Waals surface area contributed by atoms with Crippen molar-refractivity contribution >= 4 is 15.9 Å². The van der Waals surface area contributed by atoms with Gasteiger partial charge in [0.1, 0.15) is 5.75 Å². The minimum Gasteiger partial charge on any atom is -0.497 e. The van der Waals surface area contributed by atoms with E-state index in [4.69, 9.17) is 4.74 Å². The molecule has 1 amide bonds. The topological polar surface area (TPSA) is 87.7 Å². The third-order valence-electron chi connectivity index (χ3n) is 4.40. The van der Waals surface area contributed by atoms with Crippen LogP contribution in [-0.4, -0.2) is 64.3 Å². The number of ether oxygens (including phenoxy) is 1. The van der Waals surface area contributed by atoms with Crippen LogP contribution in [0.5, 0.6) is 5.75 Å². The monoisotopic (exact) mass is 399 g/mol. The molecular formula is C19H33N3O4S. The van der Waals surface area contributed by atoms with Crippen molar-refractivity contribution in [1.29, 1.82) is 0 Å². The molecule has 7 nitrogen and oxygen atoms in total. The summed E-state index contributed by atoms with van der Waals surface area (Å²) in [6, 6.07) is 6.53. The summed E-state index contributed by atoms with van der Waals surface area (Å²) < 4.78 is 32.0. The van der Waals surface area contributed by atoms with Gasteiger partial charge >= 0.3 is 0 Å². The van der Waals surface area contributed by atoms with Gasteiger partial charge in [-0.25, -0.2) is 13.1 Å². The molecule has 1 aromatic rings. The van der Waals surface area contributed by atoms with Crippen LogP contribution in [0.15, 0.2) is 24.3 Å². The summed E-state index contributed by atoms with van der Waals surface area (Å²) in [5.41, 5.74) is 0.464. The summed E-state index contributed by atoms with van der Waals surface area (Å²) in [4.78, 5) is 14.4. The summed E-state index contributed by atoms with van der Waals surface area (Å²) in [6.07, 6.45) is 1.73. The van der Waals surface area contributed by atoms with Crippen LogP contribution in [0.25, 0.3) is 0 Å². The van der Waals surface area contributed by atoms with Gasteiger partial charge in [-0.15, -0.1) is 0 Å². The average Bonchev–Trinajstić information content (AvgIpc) is 2.64. The zero-order valence-corrected chi connectivity index (χ0v) is 17.6. The normalized spacial score (nSPS) is 12.8. The molecule has 0 heterocycles. The van der Waals surface area contributed by atoms with E-state index in [-0.39, 0.29) is 24.2 Å². The van der Waals surface area contributed by atoms with Crippen LogP contribution >= 0.6 is 0 Å². The van der Waals surface area contributed by atoms with Gasteiger partial charge in [0, 0.05) is 18.2 Å². The van der Waals surface area contributed by atoms with Crippen LogP contribution in [0.1, 0.15) is 44.0 Å². The van der Waals surface area contributed by atoms with Gasteiger partial charge in [0.15, 0.2) is 0 Å². The highest BCUT2D eigenvalue weighted by Gasteiger charge is 2.15. The molecule has 0 saturated carbocycles. The first-order valence-electron chi connectivity index (χ1n) is 9.45. The third-order valence-corrected chi connectivity index (χ3v) is 5.90. The maximum absolute atomic E-state index is 12.2. The van der Waals surface area contributed by atoms with Crippen molar-refractivity contribution in [3.05, 3.63) is 29.8 Å². The lowest BCUT2D eigenvalue weighted by Crippen LogP contribution is -2.38. The maximum Gasteiger partial charge on any atom is 0.251 e. The number of benzene rings is 1. The molecule has 0 saturated heterocycles. The average molecular weight is 400 g/mol. The number of amides is 1. The van der Waals surface area contributed by atoms with Gasteiger partial charge in [-0.3, -0.25) is 4.79 Å². The first kappa shape index (κ1) is 23.4. The van der Waals surface area contributed by atoms with E-state index in [1.54, 1.807) is 31.4 Å². The third kappa shape index (κ3) is 9.21. The molecule has 0 unspecified atom stereocenters. The van der Waals surface area contributed by atoms with Gasteiger partial charge in [-0.05, 0) is 63.7 Å². The molecule has 1 atom stereocenters. The number of nitrogens with one attached hydrogen (secondary N) is 2. The van der Waals surface area contributed by atoms with Crippen molar-refractivity contribution in [1.82, 2.24) is 14.9 Å². The van der Waals surface area contributed by atoms with Gasteiger partial charge in [-0.2, -0.15) is 0 Å². The molecule has 0 aliphatic rings. The summed E-state index contributed by atoms with van der Waals surface area (Å²) >= 11 is 0. The molecule has 0 spiro atoms. The number of sulfonamides is 1. The fourth-order valence-electron chi connectivity index (χ4n) is 2.73. The van der Waals surface area contributed by atoms with Crippen LogP contribution in [0, 0.1) is 0 Å². The zero-order valence-electron chi connectivity index (χ0n) is 16.8. The molecule has 154 valence electrons. The summed E-state index contributed by atoms with van der Waals surface area (Å²) in [6.45, 7) is 9.15. The molecule has 0 bridgehead atoms. The Morgan fingerprint density at radius 3 is 2.37 bits per heavy atom. The second-order valence-corrected chi connectivity index (χ2v) is 8.36. The molecule has 0 aliphatic carbocycles. The van der Waals surface area contributed by atoms with E-state index >= 15 is 0 Å². The van der Waals surface area contributed by atoms with Crippen LogP contribution in [0.3, 0.4) is 0 Å². The predicted octanol–water partition coefficient (Wildman–Crippen LogP) is 1.85. The molecule has 1 aromatic carbocycles. The molecule has 1 rings (SSSR count). The summed E-state index contributed by atoms with van der Waals surface area (Å²) in [5, 5.41) is 2.63. The van der Waals surface area contributed by atoms with Crippen LogP contribution < -0.4 is 14.8 Å². The van der Waals surface area contributed by atoms with Gasteiger partial charge in [0.05, 0.1) is 12.9 Å². The Bertz CT molecular complexity index is 658. The van der Waals surface area contributed by atoms with Crippen molar-refractivity contribution in [2.24, 2.45) is 0 Å². The highest BCUT2D eigenvalue weighted by atomic mass is 32.2. The Kier molecular flexibility index (Phi) is 10.4. The van der Waals surface area contributed by atoms with E-state index in [1.807, 2.05) is 6.92 Å². The predicted molar refractivity (Wildman–Crippen MR) is 109 cm³/mol. The van der Waals surface area contributed by atoms with Crippen LogP contribution in [0.4, 0.5) is 0 Å². The standard InChI is InChI=1S/C19H33N3O4S/c1-5-22(6-2)14-7-8-16(3)21-27(24,25)15-13-20-19(23)17-9-11-18(26-4)12-10-17/h9-12,16,21H,5-8,13-15H2,1-4H3,(H,20,23)/t16-/m0/s1. The number of nitrogens with zero attached hydrogens (tertiary/aromatic N) is 1. The largest absolute Gasteiger partial charge is 0.497 e. The number of rotatable bonds is 13.